The number of benzene rings is 4. The number of hydrogen-bond donors (Lipinski definition) is 0. The molecular formula is C31H21NO2. The highest BCUT2D eigenvalue weighted by Crippen LogP contribution is 2.42. The summed E-state index contributed by atoms with van der Waals surface area (Å²) in [6.07, 6.45) is 1.93. The third-order valence-electron chi connectivity index (χ3n) is 6.84. The predicted octanol–water partition coefficient (Wildman–Crippen LogP) is 8.83. The van der Waals surface area contributed by atoms with E-state index in [-0.39, 0.29) is 0 Å². The zero-order valence-electron chi connectivity index (χ0n) is 18.9. The SMILES string of the molecule is Cc1cnc(-c2cc3ccccc3c3c2oc2ccccc23)cc1-c1oc2ccccc2c1C. The molecule has 0 amide bonds. The first kappa shape index (κ1) is 19.1. The van der Waals surface area contributed by atoms with Crippen LogP contribution in [0.1, 0.15) is 11.1 Å². The van der Waals surface area contributed by atoms with Gasteiger partial charge in [-0.3, -0.25) is 4.98 Å². The summed E-state index contributed by atoms with van der Waals surface area (Å²) < 4.78 is 12.7. The molecule has 0 aliphatic heterocycles. The smallest absolute Gasteiger partial charge is 0.145 e. The second kappa shape index (κ2) is 7.06. The molecular weight excluding hydrogens is 418 g/mol. The topological polar surface area (TPSA) is 39.2 Å². The van der Waals surface area contributed by atoms with Crippen LogP contribution in [0, 0.1) is 13.8 Å². The molecule has 3 heteroatoms. The lowest BCUT2D eigenvalue weighted by atomic mass is 9.96. The van der Waals surface area contributed by atoms with Gasteiger partial charge in [0.15, 0.2) is 0 Å². The van der Waals surface area contributed by atoms with Gasteiger partial charge in [-0.2, -0.15) is 0 Å². The lowest BCUT2D eigenvalue weighted by Crippen LogP contribution is -1.91. The first-order valence-electron chi connectivity index (χ1n) is 11.5. The van der Waals surface area contributed by atoms with Crippen molar-refractivity contribution in [2.24, 2.45) is 0 Å². The fourth-order valence-electron chi connectivity index (χ4n) is 5.11. The van der Waals surface area contributed by atoms with Gasteiger partial charge in [-0.15, -0.1) is 0 Å². The number of pyridine rings is 1. The quantitative estimate of drug-likeness (QED) is 0.270. The van der Waals surface area contributed by atoms with Crippen LogP contribution in [0.4, 0.5) is 0 Å². The van der Waals surface area contributed by atoms with Crippen molar-refractivity contribution in [3.05, 3.63) is 102 Å². The molecule has 0 saturated heterocycles. The van der Waals surface area contributed by atoms with Gasteiger partial charge in [-0.25, -0.2) is 0 Å². The van der Waals surface area contributed by atoms with Crippen molar-refractivity contribution < 1.29 is 8.83 Å². The molecule has 34 heavy (non-hydrogen) atoms. The standard InChI is InChI=1S/C31H21NO2/c1-18-17-32-26(16-24(18)30-19(2)21-10-5-7-13-27(21)33-30)25-15-20-9-3-4-11-22(20)29-23-12-6-8-14-28(23)34-31(25)29/h3-17H,1-2H3. The molecule has 0 saturated carbocycles. The summed E-state index contributed by atoms with van der Waals surface area (Å²) in [5.41, 5.74) is 7.78. The molecule has 7 aromatic rings. The average Bonchev–Trinajstić information content (AvgIpc) is 3.42. The Kier molecular flexibility index (Phi) is 3.97. The van der Waals surface area contributed by atoms with E-state index in [2.05, 4.69) is 68.4 Å². The third kappa shape index (κ3) is 2.67. The van der Waals surface area contributed by atoms with Crippen LogP contribution in [-0.2, 0) is 0 Å². The van der Waals surface area contributed by atoms with Crippen LogP contribution < -0.4 is 0 Å². The van der Waals surface area contributed by atoms with Crippen molar-refractivity contribution in [2.45, 2.75) is 13.8 Å². The van der Waals surface area contributed by atoms with Crippen molar-refractivity contribution in [2.75, 3.05) is 0 Å². The zero-order valence-corrected chi connectivity index (χ0v) is 18.9. The largest absolute Gasteiger partial charge is 0.456 e. The Balaban J connectivity index is 1.54. The first-order valence-corrected chi connectivity index (χ1v) is 11.5. The van der Waals surface area contributed by atoms with Crippen molar-refractivity contribution in [1.29, 1.82) is 0 Å². The molecule has 0 aliphatic rings. The van der Waals surface area contributed by atoms with Gasteiger partial charge >= 0.3 is 0 Å². The van der Waals surface area contributed by atoms with Crippen LogP contribution in [0.25, 0.3) is 66.3 Å². The number of fused-ring (bicyclic) bond motifs is 6. The fraction of sp³-hybridized carbons (Fsp3) is 0.0645. The molecule has 162 valence electrons. The molecule has 0 fully saturated rings. The minimum atomic E-state index is 0.864. The van der Waals surface area contributed by atoms with Crippen molar-refractivity contribution in [3.8, 4) is 22.6 Å². The van der Waals surface area contributed by atoms with Crippen molar-refractivity contribution in [3.63, 3.8) is 0 Å². The van der Waals surface area contributed by atoms with Crippen LogP contribution in [0.5, 0.6) is 0 Å². The van der Waals surface area contributed by atoms with E-state index in [1.54, 1.807) is 0 Å². The minimum Gasteiger partial charge on any atom is -0.456 e. The maximum Gasteiger partial charge on any atom is 0.145 e. The van der Waals surface area contributed by atoms with Crippen LogP contribution in [0.15, 0.2) is 100.0 Å². The Morgan fingerprint density at radius 2 is 1.32 bits per heavy atom. The Hall–Kier alpha value is -4.37. The van der Waals surface area contributed by atoms with Crippen LogP contribution >= 0.6 is 0 Å². The second-order valence-corrected chi connectivity index (χ2v) is 8.88. The Labute approximate surface area is 196 Å². The molecule has 3 aromatic heterocycles. The lowest BCUT2D eigenvalue weighted by Gasteiger charge is -2.10. The maximum atomic E-state index is 6.43. The summed E-state index contributed by atoms with van der Waals surface area (Å²) >= 11 is 0. The molecule has 0 N–H and O–H groups in total. The summed E-state index contributed by atoms with van der Waals surface area (Å²) in [5.74, 6) is 0.893. The van der Waals surface area contributed by atoms with Gasteiger partial charge in [0, 0.05) is 39.0 Å². The number of hydrogen-bond acceptors (Lipinski definition) is 3. The third-order valence-corrected chi connectivity index (χ3v) is 6.84. The van der Waals surface area contributed by atoms with Crippen molar-refractivity contribution >= 4 is 43.7 Å². The van der Waals surface area contributed by atoms with Gasteiger partial charge in [0.1, 0.15) is 22.5 Å². The number of para-hydroxylation sites is 2. The van der Waals surface area contributed by atoms with E-state index in [1.807, 2.05) is 36.5 Å². The fourth-order valence-corrected chi connectivity index (χ4v) is 5.11. The Morgan fingerprint density at radius 1 is 0.647 bits per heavy atom. The van der Waals surface area contributed by atoms with E-state index in [1.165, 1.54) is 10.8 Å². The zero-order chi connectivity index (χ0) is 22.8. The highest BCUT2D eigenvalue weighted by Gasteiger charge is 2.19. The van der Waals surface area contributed by atoms with Crippen LogP contribution in [-0.4, -0.2) is 4.98 Å². The summed E-state index contributed by atoms with van der Waals surface area (Å²) in [5, 5.41) is 5.75. The molecule has 4 aromatic carbocycles. The molecule has 0 spiro atoms. The molecule has 3 heterocycles. The number of nitrogens with zero attached hydrogens (tertiary/aromatic N) is 1. The number of aryl methyl sites for hydroxylation is 2. The lowest BCUT2D eigenvalue weighted by molar-refractivity contribution is 0.628. The average molecular weight is 440 g/mol. The van der Waals surface area contributed by atoms with Gasteiger partial charge in [0.25, 0.3) is 0 Å². The normalized spacial score (nSPS) is 11.8. The molecule has 0 unspecified atom stereocenters. The monoisotopic (exact) mass is 439 g/mol. The summed E-state index contributed by atoms with van der Waals surface area (Å²) in [7, 11) is 0. The van der Waals surface area contributed by atoms with Crippen LogP contribution in [0.2, 0.25) is 0 Å². The summed E-state index contributed by atoms with van der Waals surface area (Å²) in [6, 6.07) is 29.2. The number of furan rings is 2. The first-order chi connectivity index (χ1) is 16.7. The molecule has 0 atom stereocenters. The van der Waals surface area contributed by atoms with Crippen LogP contribution in [0.3, 0.4) is 0 Å². The number of rotatable bonds is 2. The van der Waals surface area contributed by atoms with E-state index >= 15 is 0 Å². The summed E-state index contributed by atoms with van der Waals surface area (Å²) in [4.78, 5) is 4.84. The maximum absolute atomic E-state index is 6.43. The van der Waals surface area contributed by atoms with Gasteiger partial charge in [-0.1, -0.05) is 60.7 Å². The molecule has 0 radical (unpaired) electrons. The van der Waals surface area contributed by atoms with Gasteiger partial charge < -0.3 is 8.83 Å². The highest BCUT2D eigenvalue weighted by molar-refractivity contribution is 6.22. The Morgan fingerprint density at radius 3 is 2.12 bits per heavy atom. The van der Waals surface area contributed by atoms with E-state index in [0.717, 1.165) is 66.6 Å². The van der Waals surface area contributed by atoms with E-state index < -0.39 is 0 Å². The van der Waals surface area contributed by atoms with Gasteiger partial charge in [0.05, 0.1) is 5.69 Å². The predicted molar refractivity (Wildman–Crippen MR) is 139 cm³/mol. The Bertz CT molecular complexity index is 1890. The van der Waals surface area contributed by atoms with E-state index in [9.17, 15) is 0 Å². The van der Waals surface area contributed by atoms with E-state index in [4.69, 9.17) is 13.8 Å². The molecule has 3 nitrogen and oxygen atoms in total. The van der Waals surface area contributed by atoms with E-state index in [0.29, 0.717) is 0 Å². The molecule has 7 rings (SSSR count). The van der Waals surface area contributed by atoms with Gasteiger partial charge in [0.2, 0.25) is 0 Å². The molecule has 0 bridgehead atoms. The summed E-state index contributed by atoms with van der Waals surface area (Å²) in [6.45, 7) is 4.20. The number of aromatic nitrogens is 1. The second-order valence-electron chi connectivity index (χ2n) is 8.88. The van der Waals surface area contributed by atoms with Crippen molar-refractivity contribution in [1.82, 2.24) is 4.98 Å². The molecule has 0 aliphatic carbocycles. The van der Waals surface area contributed by atoms with Gasteiger partial charge in [-0.05, 0) is 54.4 Å². The highest BCUT2D eigenvalue weighted by atomic mass is 16.3. The minimum absolute atomic E-state index is 0.864.